The maximum absolute atomic E-state index is 13.1. The SMILES string of the molecule is Cc1cc(C)cc(C(=O)N2CCCN(S(=O)(=O)c3ccc(F)cc3)CC2)c1. The van der Waals surface area contributed by atoms with Crippen molar-refractivity contribution in [3.05, 3.63) is 65.0 Å². The van der Waals surface area contributed by atoms with Crippen molar-refractivity contribution in [2.24, 2.45) is 0 Å². The predicted octanol–water partition coefficient (Wildman–Crippen LogP) is 2.98. The zero-order chi connectivity index (χ0) is 19.6. The number of benzene rings is 2. The molecule has 1 amide bonds. The summed E-state index contributed by atoms with van der Waals surface area (Å²) in [5, 5.41) is 0. The lowest BCUT2D eigenvalue weighted by molar-refractivity contribution is 0.0764. The maximum atomic E-state index is 13.1. The number of carbonyl (C=O) groups excluding carboxylic acids is 1. The van der Waals surface area contributed by atoms with Gasteiger partial charge in [0.15, 0.2) is 0 Å². The quantitative estimate of drug-likeness (QED) is 0.810. The Labute approximate surface area is 159 Å². The van der Waals surface area contributed by atoms with E-state index in [4.69, 9.17) is 0 Å². The number of aryl methyl sites for hydroxylation is 2. The van der Waals surface area contributed by atoms with E-state index in [1.165, 1.54) is 16.4 Å². The van der Waals surface area contributed by atoms with Crippen LogP contribution in [0.5, 0.6) is 0 Å². The Morgan fingerprint density at radius 1 is 0.926 bits per heavy atom. The first-order chi connectivity index (χ1) is 12.8. The highest BCUT2D eigenvalue weighted by atomic mass is 32.2. The van der Waals surface area contributed by atoms with E-state index < -0.39 is 15.8 Å². The smallest absolute Gasteiger partial charge is 0.253 e. The van der Waals surface area contributed by atoms with E-state index in [0.29, 0.717) is 31.6 Å². The van der Waals surface area contributed by atoms with E-state index in [0.717, 1.165) is 23.3 Å². The van der Waals surface area contributed by atoms with E-state index in [2.05, 4.69) is 0 Å². The van der Waals surface area contributed by atoms with Crippen LogP contribution >= 0.6 is 0 Å². The molecule has 0 aliphatic carbocycles. The average Bonchev–Trinajstić information content (AvgIpc) is 2.87. The molecule has 0 spiro atoms. The highest BCUT2D eigenvalue weighted by Gasteiger charge is 2.28. The summed E-state index contributed by atoms with van der Waals surface area (Å²) in [6, 6.07) is 10.5. The molecule has 0 radical (unpaired) electrons. The third-order valence-electron chi connectivity index (χ3n) is 4.66. The molecule has 2 aromatic rings. The second-order valence-electron chi connectivity index (χ2n) is 6.88. The Morgan fingerprint density at radius 2 is 1.56 bits per heavy atom. The van der Waals surface area contributed by atoms with Gasteiger partial charge in [0, 0.05) is 31.7 Å². The minimum absolute atomic E-state index is 0.0676. The van der Waals surface area contributed by atoms with Crippen LogP contribution in [-0.4, -0.2) is 49.7 Å². The summed E-state index contributed by atoms with van der Waals surface area (Å²) in [7, 11) is -3.70. The second-order valence-corrected chi connectivity index (χ2v) is 8.82. The van der Waals surface area contributed by atoms with Gasteiger partial charge in [-0.2, -0.15) is 4.31 Å². The maximum Gasteiger partial charge on any atom is 0.253 e. The van der Waals surface area contributed by atoms with Gasteiger partial charge < -0.3 is 4.90 Å². The van der Waals surface area contributed by atoms with Gasteiger partial charge in [0.2, 0.25) is 10.0 Å². The van der Waals surface area contributed by atoms with Gasteiger partial charge in [0.25, 0.3) is 5.91 Å². The summed E-state index contributed by atoms with van der Waals surface area (Å²) >= 11 is 0. The van der Waals surface area contributed by atoms with Crippen LogP contribution in [0.2, 0.25) is 0 Å². The molecule has 0 atom stereocenters. The molecule has 2 aromatic carbocycles. The van der Waals surface area contributed by atoms with Crippen molar-refractivity contribution in [3.63, 3.8) is 0 Å². The summed E-state index contributed by atoms with van der Waals surface area (Å²) in [4.78, 5) is 14.6. The first kappa shape index (κ1) is 19.5. The summed E-state index contributed by atoms with van der Waals surface area (Å²) in [5.74, 6) is -0.558. The van der Waals surface area contributed by atoms with Crippen LogP contribution in [0.1, 0.15) is 27.9 Å². The van der Waals surface area contributed by atoms with Crippen molar-refractivity contribution in [1.29, 1.82) is 0 Å². The molecule has 0 saturated carbocycles. The number of rotatable bonds is 3. The predicted molar refractivity (Wildman–Crippen MR) is 102 cm³/mol. The van der Waals surface area contributed by atoms with Crippen LogP contribution in [0.15, 0.2) is 47.4 Å². The van der Waals surface area contributed by atoms with Crippen molar-refractivity contribution in [2.45, 2.75) is 25.2 Å². The number of nitrogens with zero attached hydrogens (tertiary/aromatic N) is 2. The van der Waals surface area contributed by atoms with Gasteiger partial charge in [-0.3, -0.25) is 4.79 Å². The molecule has 7 heteroatoms. The number of amides is 1. The van der Waals surface area contributed by atoms with Gasteiger partial charge >= 0.3 is 0 Å². The normalized spacial score (nSPS) is 16.2. The van der Waals surface area contributed by atoms with Gasteiger partial charge in [-0.15, -0.1) is 0 Å². The topological polar surface area (TPSA) is 57.7 Å². The van der Waals surface area contributed by atoms with E-state index in [1.807, 2.05) is 32.0 Å². The molecule has 1 heterocycles. The molecule has 0 bridgehead atoms. The molecule has 1 fully saturated rings. The number of halogens is 1. The molecule has 1 saturated heterocycles. The Kier molecular flexibility index (Phi) is 5.62. The largest absolute Gasteiger partial charge is 0.337 e. The molecule has 5 nitrogen and oxygen atoms in total. The monoisotopic (exact) mass is 390 g/mol. The van der Waals surface area contributed by atoms with Crippen LogP contribution < -0.4 is 0 Å². The Balaban J connectivity index is 1.75. The fraction of sp³-hybridized carbons (Fsp3) is 0.350. The summed E-state index contributed by atoms with van der Waals surface area (Å²) in [6.07, 6.45) is 0.553. The van der Waals surface area contributed by atoms with Gasteiger partial charge in [0.1, 0.15) is 5.82 Å². The standard InChI is InChI=1S/C20H23FN2O3S/c1-15-12-16(2)14-17(13-15)20(24)22-8-3-9-23(11-10-22)27(25,26)19-6-4-18(21)5-7-19/h4-7,12-14H,3,8-11H2,1-2H3. The Morgan fingerprint density at radius 3 is 2.19 bits per heavy atom. The fourth-order valence-corrected chi connectivity index (χ4v) is 4.84. The molecule has 0 unspecified atom stereocenters. The Bertz CT molecular complexity index is 922. The van der Waals surface area contributed by atoms with E-state index >= 15 is 0 Å². The molecular formula is C20H23FN2O3S. The van der Waals surface area contributed by atoms with E-state index in [1.54, 1.807) is 4.90 Å². The minimum Gasteiger partial charge on any atom is -0.337 e. The first-order valence-electron chi connectivity index (χ1n) is 8.91. The van der Waals surface area contributed by atoms with Gasteiger partial charge in [-0.1, -0.05) is 17.2 Å². The summed E-state index contributed by atoms with van der Waals surface area (Å²) in [5.41, 5.74) is 2.67. The van der Waals surface area contributed by atoms with Crippen LogP contribution in [0.4, 0.5) is 4.39 Å². The number of sulfonamides is 1. The molecule has 3 rings (SSSR count). The number of carbonyl (C=O) groups is 1. The van der Waals surface area contributed by atoms with Crippen LogP contribution in [-0.2, 0) is 10.0 Å². The van der Waals surface area contributed by atoms with Crippen molar-refractivity contribution < 1.29 is 17.6 Å². The molecule has 144 valence electrons. The van der Waals surface area contributed by atoms with E-state index in [-0.39, 0.29) is 17.3 Å². The minimum atomic E-state index is -3.70. The molecule has 0 N–H and O–H groups in total. The average molecular weight is 390 g/mol. The lowest BCUT2D eigenvalue weighted by Crippen LogP contribution is -2.37. The summed E-state index contributed by atoms with van der Waals surface area (Å²) in [6.45, 7) is 5.27. The van der Waals surface area contributed by atoms with Gasteiger partial charge in [0.05, 0.1) is 4.90 Å². The van der Waals surface area contributed by atoms with Crippen LogP contribution in [0, 0.1) is 19.7 Å². The lowest BCUT2D eigenvalue weighted by atomic mass is 10.1. The molecule has 27 heavy (non-hydrogen) atoms. The van der Waals surface area contributed by atoms with Crippen LogP contribution in [0.25, 0.3) is 0 Å². The third kappa shape index (κ3) is 4.36. The Hall–Kier alpha value is -2.25. The molecular weight excluding hydrogens is 367 g/mol. The molecule has 1 aliphatic heterocycles. The second kappa shape index (κ2) is 7.78. The lowest BCUT2D eigenvalue weighted by Gasteiger charge is -2.22. The highest BCUT2D eigenvalue weighted by Crippen LogP contribution is 2.19. The molecule has 0 aromatic heterocycles. The number of hydrogen-bond acceptors (Lipinski definition) is 3. The first-order valence-corrected chi connectivity index (χ1v) is 10.3. The van der Waals surface area contributed by atoms with Crippen molar-refractivity contribution in [1.82, 2.24) is 9.21 Å². The van der Waals surface area contributed by atoms with Crippen LogP contribution in [0.3, 0.4) is 0 Å². The van der Waals surface area contributed by atoms with Crippen molar-refractivity contribution in [3.8, 4) is 0 Å². The zero-order valence-electron chi connectivity index (χ0n) is 15.5. The highest BCUT2D eigenvalue weighted by molar-refractivity contribution is 7.89. The zero-order valence-corrected chi connectivity index (χ0v) is 16.3. The van der Waals surface area contributed by atoms with Gasteiger partial charge in [-0.25, -0.2) is 12.8 Å². The summed E-state index contributed by atoms with van der Waals surface area (Å²) < 4.78 is 40.0. The molecule has 1 aliphatic rings. The van der Waals surface area contributed by atoms with E-state index in [9.17, 15) is 17.6 Å². The fourth-order valence-electron chi connectivity index (χ4n) is 3.37. The number of hydrogen-bond donors (Lipinski definition) is 0. The van der Waals surface area contributed by atoms with Gasteiger partial charge in [-0.05, 0) is 56.7 Å². The van der Waals surface area contributed by atoms with Crippen molar-refractivity contribution >= 4 is 15.9 Å². The third-order valence-corrected chi connectivity index (χ3v) is 6.57. The van der Waals surface area contributed by atoms with Crippen molar-refractivity contribution in [2.75, 3.05) is 26.2 Å².